The van der Waals surface area contributed by atoms with Crippen LogP contribution in [0.25, 0.3) is 0 Å². The molecule has 196 valence electrons. The monoisotopic (exact) mass is 556 g/mol. The first-order valence-corrected chi connectivity index (χ1v) is 14.3. The van der Waals surface area contributed by atoms with Crippen molar-refractivity contribution in [2.75, 3.05) is 12.3 Å². The van der Waals surface area contributed by atoms with Gasteiger partial charge in [0.25, 0.3) is 0 Å². The number of hydrogen-bond donors (Lipinski definition) is 1. The Kier molecular flexibility index (Phi) is 11.8. The van der Waals surface area contributed by atoms with Gasteiger partial charge >= 0.3 is 0 Å². The molecular formula is C30H34Cl2N2O2S. The largest absolute Gasteiger partial charge is 0.354 e. The van der Waals surface area contributed by atoms with Gasteiger partial charge in [-0.1, -0.05) is 79.5 Å². The second kappa shape index (κ2) is 15.1. The van der Waals surface area contributed by atoms with Crippen molar-refractivity contribution in [1.82, 2.24) is 10.2 Å². The van der Waals surface area contributed by atoms with Crippen LogP contribution in [0.2, 0.25) is 10.0 Å². The van der Waals surface area contributed by atoms with E-state index in [2.05, 4.69) is 19.2 Å². The van der Waals surface area contributed by atoms with Gasteiger partial charge in [-0.3, -0.25) is 9.59 Å². The van der Waals surface area contributed by atoms with E-state index in [0.29, 0.717) is 48.3 Å². The van der Waals surface area contributed by atoms with Gasteiger partial charge in [-0.15, -0.1) is 11.8 Å². The summed E-state index contributed by atoms with van der Waals surface area (Å²) in [6.07, 6.45) is 1.49. The molecule has 37 heavy (non-hydrogen) atoms. The minimum absolute atomic E-state index is 0.0442. The van der Waals surface area contributed by atoms with E-state index in [1.165, 1.54) is 0 Å². The molecule has 3 rings (SSSR count). The Morgan fingerprint density at radius 1 is 0.892 bits per heavy atom. The molecule has 1 atom stereocenters. The highest BCUT2D eigenvalue weighted by Gasteiger charge is 2.30. The number of halogens is 2. The van der Waals surface area contributed by atoms with Crippen molar-refractivity contribution in [2.45, 2.75) is 50.6 Å². The van der Waals surface area contributed by atoms with Crippen LogP contribution in [0.1, 0.15) is 37.8 Å². The maximum atomic E-state index is 13.6. The highest BCUT2D eigenvalue weighted by Crippen LogP contribution is 2.23. The summed E-state index contributed by atoms with van der Waals surface area (Å²) in [7, 11) is 0. The van der Waals surface area contributed by atoms with Crippen LogP contribution in [-0.4, -0.2) is 35.1 Å². The summed E-state index contributed by atoms with van der Waals surface area (Å²) in [6.45, 7) is 4.98. The molecule has 3 aromatic rings. The second-order valence-electron chi connectivity index (χ2n) is 9.40. The van der Waals surface area contributed by atoms with E-state index < -0.39 is 6.04 Å². The molecule has 0 aliphatic carbocycles. The van der Waals surface area contributed by atoms with Crippen LogP contribution in [0.15, 0.2) is 83.8 Å². The topological polar surface area (TPSA) is 49.4 Å². The van der Waals surface area contributed by atoms with Gasteiger partial charge in [0.05, 0.1) is 0 Å². The quantitative estimate of drug-likeness (QED) is 0.178. The number of hydrogen-bond acceptors (Lipinski definition) is 3. The predicted molar refractivity (Wildman–Crippen MR) is 155 cm³/mol. The molecule has 0 fully saturated rings. The fourth-order valence-corrected chi connectivity index (χ4v) is 5.09. The Morgan fingerprint density at radius 3 is 2.27 bits per heavy atom. The van der Waals surface area contributed by atoms with E-state index in [-0.39, 0.29) is 11.8 Å². The number of carbonyl (C=O) groups excluding carboxylic acids is 2. The van der Waals surface area contributed by atoms with Gasteiger partial charge in [0.15, 0.2) is 0 Å². The molecule has 0 aromatic heterocycles. The maximum absolute atomic E-state index is 13.6. The zero-order valence-electron chi connectivity index (χ0n) is 21.3. The molecule has 7 heteroatoms. The molecular weight excluding hydrogens is 523 g/mol. The highest BCUT2D eigenvalue weighted by molar-refractivity contribution is 7.99. The van der Waals surface area contributed by atoms with E-state index in [9.17, 15) is 9.59 Å². The summed E-state index contributed by atoms with van der Waals surface area (Å²) in [5.74, 6) is 0.922. The third-order valence-corrected chi connectivity index (χ3v) is 7.40. The van der Waals surface area contributed by atoms with E-state index >= 15 is 0 Å². The lowest BCUT2D eigenvalue weighted by Crippen LogP contribution is -2.51. The van der Waals surface area contributed by atoms with Gasteiger partial charge in [-0.2, -0.15) is 0 Å². The van der Waals surface area contributed by atoms with Gasteiger partial charge < -0.3 is 10.2 Å². The van der Waals surface area contributed by atoms with E-state index in [4.69, 9.17) is 23.2 Å². The van der Waals surface area contributed by atoms with Crippen LogP contribution < -0.4 is 5.32 Å². The average Bonchev–Trinajstić information content (AvgIpc) is 2.88. The molecule has 0 bridgehead atoms. The molecule has 0 saturated carbocycles. The van der Waals surface area contributed by atoms with Crippen LogP contribution in [0.3, 0.4) is 0 Å². The lowest BCUT2D eigenvalue weighted by atomic mass is 10.0. The molecule has 4 nitrogen and oxygen atoms in total. The molecule has 0 radical (unpaired) electrons. The molecule has 1 N–H and O–H groups in total. The Morgan fingerprint density at radius 2 is 1.59 bits per heavy atom. The summed E-state index contributed by atoms with van der Waals surface area (Å²) in [5.41, 5.74) is 1.90. The van der Waals surface area contributed by atoms with E-state index in [0.717, 1.165) is 21.8 Å². The first-order valence-electron chi connectivity index (χ1n) is 12.6. The number of thioether (sulfide) groups is 1. The van der Waals surface area contributed by atoms with Gasteiger partial charge in [-0.05, 0) is 65.6 Å². The first-order chi connectivity index (χ1) is 17.8. The summed E-state index contributed by atoms with van der Waals surface area (Å²) in [4.78, 5) is 29.9. The van der Waals surface area contributed by atoms with Gasteiger partial charge in [0.2, 0.25) is 11.8 Å². The normalized spacial score (nSPS) is 11.8. The Hall–Kier alpha value is -2.47. The van der Waals surface area contributed by atoms with Crippen LogP contribution in [0.5, 0.6) is 0 Å². The summed E-state index contributed by atoms with van der Waals surface area (Å²) >= 11 is 13.9. The second-order valence-corrected chi connectivity index (χ2v) is 11.4. The highest BCUT2D eigenvalue weighted by atomic mass is 35.5. The standard InChI is InChI=1S/C30H34Cl2N2O2S/c1-22(2)20-33-30(36)28(19-23-8-4-3-5-9-23)34(21-24-10-6-11-26(32)18-24)29(35)12-7-17-37-27-15-13-25(31)14-16-27/h3-6,8-11,13-16,18,22,28H,7,12,17,19-21H2,1-2H3,(H,33,36)/t28-/m1/s1. The third kappa shape index (κ3) is 10.1. The number of nitrogens with zero attached hydrogens (tertiary/aromatic N) is 1. The fourth-order valence-electron chi connectivity index (χ4n) is 3.90. The Labute approximate surface area is 234 Å². The lowest BCUT2D eigenvalue weighted by Gasteiger charge is -2.32. The van der Waals surface area contributed by atoms with Crippen LogP contribution >= 0.6 is 35.0 Å². The van der Waals surface area contributed by atoms with Crippen molar-refractivity contribution in [1.29, 1.82) is 0 Å². The minimum Gasteiger partial charge on any atom is -0.354 e. The van der Waals surface area contributed by atoms with Gasteiger partial charge in [-0.25, -0.2) is 0 Å². The number of rotatable bonds is 13. The summed E-state index contributed by atoms with van der Waals surface area (Å²) < 4.78 is 0. The number of benzene rings is 3. The molecule has 0 heterocycles. The molecule has 0 aliphatic rings. The SMILES string of the molecule is CC(C)CNC(=O)[C@@H](Cc1ccccc1)N(Cc1cccc(Cl)c1)C(=O)CCCSc1ccc(Cl)cc1. The zero-order valence-corrected chi connectivity index (χ0v) is 23.7. The molecule has 0 unspecified atom stereocenters. The Balaban J connectivity index is 1.78. The molecule has 2 amide bonds. The lowest BCUT2D eigenvalue weighted by molar-refractivity contribution is -0.141. The van der Waals surface area contributed by atoms with Crippen LogP contribution in [0.4, 0.5) is 0 Å². The number of amides is 2. The maximum Gasteiger partial charge on any atom is 0.243 e. The van der Waals surface area contributed by atoms with Crippen molar-refractivity contribution < 1.29 is 9.59 Å². The molecule has 0 spiro atoms. The van der Waals surface area contributed by atoms with Crippen LogP contribution in [-0.2, 0) is 22.6 Å². The number of nitrogens with one attached hydrogen (secondary N) is 1. The molecule has 3 aromatic carbocycles. The van der Waals surface area contributed by atoms with Crippen molar-refractivity contribution in [3.63, 3.8) is 0 Å². The minimum atomic E-state index is -0.628. The van der Waals surface area contributed by atoms with E-state index in [1.807, 2.05) is 78.9 Å². The Bertz CT molecular complexity index is 1140. The van der Waals surface area contributed by atoms with Gasteiger partial charge in [0.1, 0.15) is 6.04 Å². The van der Waals surface area contributed by atoms with Crippen molar-refractivity contribution >= 4 is 46.8 Å². The fraction of sp³-hybridized carbons (Fsp3) is 0.333. The van der Waals surface area contributed by atoms with Gasteiger partial charge in [0, 0.05) is 40.9 Å². The van der Waals surface area contributed by atoms with Crippen molar-refractivity contribution in [3.8, 4) is 0 Å². The van der Waals surface area contributed by atoms with Crippen molar-refractivity contribution in [3.05, 3.63) is 100 Å². The number of carbonyl (C=O) groups is 2. The average molecular weight is 558 g/mol. The van der Waals surface area contributed by atoms with E-state index in [1.54, 1.807) is 16.7 Å². The third-order valence-electron chi connectivity index (χ3n) is 5.81. The van der Waals surface area contributed by atoms with Crippen molar-refractivity contribution in [2.24, 2.45) is 5.92 Å². The van der Waals surface area contributed by atoms with Crippen LogP contribution in [0, 0.1) is 5.92 Å². The summed E-state index contributed by atoms with van der Waals surface area (Å²) in [5, 5.41) is 4.36. The smallest absolute Gasteiger partial charge is 0.243 e. The predicted octanol–water partition coefficient (Wildman–Crippen LogP) is 7.28. The summed E-state index contributed by atoms with van der Waals surface area (Å²) in [6, 6.07) is 24.4. The molecule has 0 saturated heterocycles. The first kappa shape index (κ1) is 29.1. The zero-order chi connectivity index (χ0) is 26.6. The molecule has 0 aliphatic heterocycles.